The van der Waals surface area contributed by atoms with Crippen LogP contribution in [0.15, 0.2) is 46.9 Å². The van der Waals surface area contributed by atoms with E-state index in [2.05, 4.69) is 44.8 Å². The van der Waals surface area contributed by atoms with Crippen LogP contribution in [-0.2, 0) is 24.4 Å². The number of carbonyl (C=O) groups excluding carboxylic acids is 1. The van der Waals surface area contributed by atoms with Crippen LogP contribution in [0.3, 0.4) is 0 Å². The van der Waals surface area contributed by atoms with Crippen LogP contribution in [0.4, 0.5) is 0 Å². The van der Waals surface area contributed by atoms with Gasteiger partial charge in [-0.2, -0.15) is 0 Å². The normalized spacial score (nSPS) is 12.2. The lowest BCUT2D eigenvalue weighted by Crippen LogP contribution is -2.23. The molecule has 1 heterocycles. The van der Waals surface area contributed by atoms with Gasteiger partial charge in [-0.1, -0.05) is 40.2 Å². The predicted octanol–water partition coefficient (Wildman–Crippen LogP) is 3.95. The number of ether oxygens (including phenoxy) is 1. The van der Waals surface area contributed by atoms with E-state index in [0.717, 1.165) is 28.9 Å². The third-order valence-corrected chi connectivity index (χ3v) is 4.50. The average Bonchev–Trinajstić information content (AvgIpc) is 3.05. The number of amides is 1. The van der Waals surface area contributed by atoms with Crippen molar-refractivity contribution in [2.75, 3.05) is 6.61 Å². The zero-order chi connectivity index (χ0) is 16.8. The van der Waals surface area contributed by atoms with Crippen LogP contribution in [0.2, 0.25) is 0 Å². The molecule has 0 spiro atoms. The molecule has 0 saturated carbocycles. The Bertz CT molecular complexity index is 724. The number of benzene rings is 2. The Morgan fingerprint density at radius 3 is 2.84 bits per heavy atom. The van der Waals surface area contributed by atoms with E-state index in [9.17, 15) is 4.79 Å². The smallest absolute Gasteiger partial charge is 0.220 e. The van der Waals surface area contributed by atoms with Crippen LogP contribution in [0, 0.1) is 0 Å². The van der Waals surface area contributed by atoms with E-state index >= 15 is 0 Å². The summed E-state index contributed by atoms with van der Waals surface area (Å²) in [6.07, 6.45) is 1.17. The topological polar surface area (TPSA) is 50.4 Å². The molecule has 2 aromatic carbocycles. The van der Waals surface area contributed by atoms with Gasteiger partial charge in [0.2, 0.25) is 5.91 Å². The van der Waals surface area contributed by atoms with Gasteiger partial charge < -0.3 is 15.4 Å². The molecule has 1 aliphatic rings. The summed E-state index contributed by atoms with van der Waals surface area (Å²) in [6.45, 7) is 2.98. The summed E-state index contributed by atoms with van der Waals surface area (Å²) in [6, 6.07) is 14.1. The van der Waals surface area contributed by atoms with E-state index < -0.39 is 0 Å². The maximum atomic E-state index is 11.9. The number of nitrogens with one attached hydrogen (secondary N) is 2. The molecule has 0 saturated heterocycles. The molecule has 1 aliphatic heterocycles. The first-order chi connectivity index (χ1) is 11.7. The first kappa shape index (κ1) is 19.8. The minimum Gasteiger partial charge on any atom is -0.494 e. The molecule has 0 radical (unpaired) electrons. The van der Waals surface area contributed by atoms with Crippen molar-refractivity contribution in [2.24, 2.45) is 0 Å². The van der Waals surface area contributed by atoms with Crippen LogP contribution in [-0.4, -0.2) is 12.5 Å². The molecular weight excluding hydrogens is 404 g/mol. The SMILES string of the molecule is Cl.O=C(CCCOc1cccc(Br)c1)NCc1ccc2c(c1)CNC2. The summed E-state index contributed by atoms with van der Waals surface area (Å²) in [5.74, 6) is 0.878. The van der Waals surface area contributed by atoms with Gasteiger partial charge in [0.1, 0.15) is 5.75 Å². The average molecular weight is 426 g/mol. The second-order valence-electron chi connectivity index (χ2n) is 5.89. The summed E-state index contributed by atoms with van der Waals surface area (Å²) in [7, 11) is 0. The van der Waals surface area contributed by atoms with Crippen LogP contribution in [0.1, 0.15) is 29.5 Å². The standard InChI is InChI=1S/C19H21BrN2O2.ClH/c20-17-3-1-4-18(10-17)24-8-2-5-19(23)22-11-14-6-7-15-12-21-13-16(15)9-14;/h1,3-4,6-7,9-10,21H,2,5,8,11-13H2,(H,22,23);1H. The molecule has 4 nitrogen and oxygen atoms in total. The fourth-order valence-electron chi connectivity index (χ4n) is 2.73. The van der Waals surface area contributed by atoms with Crippen LogP contribution in [0.5, 0.6) is 5.75 Å². The Kier molecular flexibility index (Phi) is 7.75. The second kappa shape index (κ2) is 9.80. The summed E-state index contributed by atoms with van der Waals surface area (Å²) < 4.78 is 6.62. The molecule has 0 aromatic heterocycles. The zero-order valence-corrected chi connectivity index (χ0v) is 16.3. The minimum absolute atomic E-state index is 0. The van der Waals surface area contributed by atoms with Gasteiger partial charge in [-0.15, -0.1) is 12.4 Å². The van der Waals surface area contributed by atoms with Crippen molar-refractivity contribution in [1.29, 1.82) is 0 Å². The van der Waals surface area contributed by atoms with Crippen molar-refractivity contribution >= 4 is 34.2 Å². The van der Waals surface area contributed by atoms with Gasteiger partial charge >= 0.3 is 0 Å². The highest BCUT2D eigenvalue weighted by molar-refractivity contribution is 9.10. The van der Waals surface area contributed by atoms with E-state index in [0.29, 0.717) is 26.0 Å². The number of fused-ring (bicyclic) bond motifs is 1. The summed E-state index contributed by atoms with van der Waals surface area (Å²) in [4.78, 5) is 11.9. The van der Waals surface area contributed by atoms with Gasteiger partial charge in [0.05, 0.1) is 6.61 Å². The van der Waals surface area contributed by atoms with E-state index in [-0.39, 0.29) is 18.3 Å². The van der Waals surface area contributed by atoms with E-state index in [1.54, 1.807) is 0 Å². The lowest BCUT2D eigenvalue weighted by Gasteiger charge is -2.08. The lowest BCUT2D eigenvalue weighted by molar-refractivity contribution is -0.121. The van der Waals surface area contributed by atoms with Crippen LogP contribution < -0.4 is 15.4 Å². The second-order valence-corrected chi connectivity index (χ2v) is 6.81. The molecule has 2 N–H and O–H groups in total. The van der Waals surface area contributed by atoms with E-state index in [1.165, 1.54) is 11.1 Å². The van der Waals surface area contributed by atoms with Gasteiger partial charge in [-0.05, 0) is 41.3 Å². The van der Waals surface area contributed by atoms with Crippen molar-refractivity contribution in [3.8, 4) is 5.75 Å². The van der Waals surface area contributed by atoms with Gasteiger partial charge in [-0.3, -0.25) is 4.79 Å². The third kappa shape index (κ3) is 6.03. The molecular formula is C19H22BrClN2O2. The highest BCUT2D eigenvalue weighted by atomic mass is 79.9. The Hall–Kier alpha value is -1.56. The largest absolute Gasteiger partial charge is 0.494 e. The predicted molar refractivity (Wildman–Crippen MR) is 105 cm³/mol. The monoisotopic (exact) mass is 424 g/mol. The molecule has 2 aromatic rings. The quantitative estimate of drug-likeness (QED) is 0.660. The number of hydrogen-bond donors (Lipinski definition) is 2. The number of carbonyl (C=O) groups is 1. The van der Waals surface area contributed by atoms with E-state index in [4.69, 9.17) is 4.74 Å². The first-order valence-electron chi connectivity index (χ1n) is 8.17. The number of hydrogen-bond acceptors (Lipinski definition) is 3. The maximum Gasteiger partial charge on any atom is 0.220 e. The molecule has 0 unspecified atom stereocenters. The molecule has 0 fully saturated rings. The van der Waals surface area contributed by atoms with Crippen molar-refractivity contribution in [2.45, 2.75) is 32.5 Å². The van der Waals surface area contributed by atoms with Crippen molar-refractivity contribution in [3.63, 3.8) is 0 Å². The summed E-state index contributed by atoms with van der Waals surface area (Å²) >= 11 is 3.41. The fraction of sp³-hybridized carbons (Fsp3) is 0.316. The van der Waals surface area contributed by atoms with Crippen LogP contribution >= 0.6 is 28.3 Å². The summed E-state index contributed by atoms with van der Waals surface area (Å²) in [5.41, 5.74) is 3.84. The summed E-state index contributed by atoms with van der Waals surface area (Å²) in [5, 5.41) is 6.30. The maximum absolute atomic E-state index is 11.9. The Labute approximate surface area is 162 Å². The number of rotatable bonds is 7. The van der Waals surface area contributed by atoms with E-state index in [1.807, 2.05) is 24.3 Å². The highest BCUT2D eigenvalue weighted by Crippen LogP contribution is 2.18. The van der Waals surface area contributed by atoms with Gasteiger partial charge in [-0.25, -0.2) is 0 Å². The Morgan fingerprint density at radius 2 is 2.00 bits per heavy atom. The molecule has 1 amide bonds. The number of halogens is 2. The molecule has 6 heteroatoms. The van der Waals surface area contributed by atoms with Crippen LogP contribution in [0.25, 0.3) is 0 Å². The van der Waals surface area contributed by atoms with Crippen molar-refractivity contribution < 1.29 is 9.53 Å². The van der Waals surface area contributed by atoms with Gasteiger partial charge in [0.15, 0.2) is 0 Å². The van der Waals surface area contributed by atoms with Crippen molar-refractivity contribution in [1.82, 2.24) is 10.6 Å². The first-order valence-corrected chi connectivity index (χ1v) is 8.96. The highest BCUT2D eigenvalue weighted by Gasteiger charge is 2.10. The zero-order valence-electron chi connectivity index (χ0n) is 13.9. The Morgan fingerprint density at radius 1 is 1.16 bits per heavy atom. The fourth-order valence-corrected chi connectivity index (χ4v) is 3.10. The molecule has 3 rings (SSSR count). The molecule has 0 aliphatic carbocycles. The molecule has 0 atom stereocenters. The lowest BCUT2D eigenvalue weighted by atomic mass is 10.1. The van der Waals surface area contributed by atoms with Gasteiger partial charge in [0.25, 0.3) is 0 Å². The molecule has 0 bridgehead atoms. The molecule has 134 valence electrons. The van der Waals surface area contributed by atoms with Gasteiger partial charge in [0, 0.05) is 30.5 Å². The third-order valence-electron chi connectivity index (χ3n) is 4.00. The minimum atomic E-state index is 0. The Balaban J connectivity index is 0.00000225. The molecule has 25 heavy (non-hydrogen) atoms. The van der Waals surface area contributed by atoms with Crippen molar-refractivity contribution in [3.05, 3.63) is 63.6 Å².